The third-order valence-corrected chi connectivity index (χ3v) is 5.95. The molecule has 138 valence electrons. The lowest BCUT2D eigenvalue weighted by Gasteiger charge is -2.31. The van der Waals surface area contributed by atoms with Crippen LogP contribution in [0, 0.1) is 21.4 Å². The zero-order valence-electron chi connectivity index (χ0n) is 15.2. The molecule has 5 nitrogen and oxygen atoms in total. The summed E-state index contributed by atoms with van der Waals surface area (Å²) < 4.78 is 0. The number of benzene rings is 2. The third-order valence-electron chi connectivity index (χ3n) is 5.95. The van der Waals surface area contributed by atoms with Crippen LogP contribution in [-0.2, 0) is 11.3 Å². The van der Waals surface area contributed by atoms with Crippen LogP contribution in [0.5, 0.6) is 0 Å². The molecule has 2 aromatic rings. The normalized spacial score (nSPS) is 26.9. The van der Waals surface area contributed by atoms with Crippen LogP contribution >= 0.6 is 0 Å². The molecule has 3 atom stereocenters. The number of allylic oxidation sites excluding steroid dienone is 1. The minimum absolute atomic E-state index is 0.0180. The smallest absolute Gasteiger partial charge is 0.269 e. The fourth-order valence-electron chi connectivity index (χ4n) is 4.52. The Kier molecular flexibility index (Phi) is 4.30. The number of hydrogen-bond acceptors (Lipinski definition) is 3. The van der Waals surface area contributed by atoms with Gasteiger partial charge in [-0.15, -0.1) is 0 Å². The van der Waals surface area contributed by atoms with Gasteiger partial charge in [-0.3, -0.25) is 14.9 Å². The summed E-state index contributed by atoms with van der Waals surface area (Å²) in [7, 11) is 0. The Morgan fingerprint density at radius 2 is 1.96 bits per heavy atom. The molecule has 27 heavy (non-hydrogen) atoms. The molecule has 2 aliphatic rings. The SMILES string of the molecule is C[C@@]12CCC=C[C@H]1[C@H](c1cccc([N+](=O)[O-])c1)N(Cc1ccccc1)C2=O. The fourth-order valence-corrected chi connectivity index (χ4v) is 4.52. The highest BCUT2D eigenvalue weighted by atomic mass is 16.6. The highest BCUT2D eigenvalue weighted by molar-refractivity contribution is 5.86. The molecule has 1 aliphatic heterocycles. The maximum Gasteiger partial charge on any atom is 0.269 e. The van der Waals surface area contributed by atoms with Crippen molar-refractivity contribution in [2.24, 2.45) is 11.3 Å². The molecule has 1 aliphatic carbocycles. The molecule has 5 heteroatoms. The van der Waals surface area contributed by atoms with Crippen molar-refractivity contribution in [3.8, 4) is 0 Å². The van der Waals surface area contributed by atoms with E-state index in [2.05, 4.69) is 12.2 Å². The van der Waals surface area contributed by atoms with Crippen molar-refractivity contribution >= 4 is 11.6 Å². The van der Waals surface area contributed by atoms with Crippen LogP contribution in [0.25, 0.3) is 0 Å². The Hall–Kier alpha value is -2.95. The first kappa shape index (κ1) is 17.5. The first-order valence-corrected chi connectivity index (χ1v) is 9.27. The number of carbonyl (C=O) groups excluding carboxylic acids is 1. The van der Waals surface area contributed by atoms with Gasteiger partial charge in [0.15, 0.2) is 0 Å². The van der Waals surface area contributed by atoms with E-state index in [0.29, 0.717) is 6.54 Å². The average molecular weight is 362 g/mol. The molecule has 0 spiro atoms. The van der Waals surface area contributed by atoms with Gasteiger partial charge in [-0.2, -0.15) is 0 Å². The highest BCUT2D eigenvalue weighted by Crippen LogP contribution is 2.54. The molecular formula is C22H22N2O3. The van der Waals surface area contributed by atoms with E-state index in [4.69, 9.17) is 0 Å². The van der Waals surface area contributed by atoms with E-state index in [0.717, 1.165) is 24.0 Å². The predicted octanol–water partition coefficient (Wildman–Crippen LogP) is 4.65. The van der Waals surface area contributed by atoms with Gasteiger partial charge in [-0.05, 0) is 24.0 Å². The zero-order valence-corrected chi connectivity index (χ0v) is 15.2. The summed E-state index contributed by atoms with van der Waals surface area (Å²) in [5, 5.41) is 11.3. The Bertz CT molecular complexity index is 909. The summed E-state index contributed by atoms with van der Waals surface area (Å²) in [4.78, 5) is 26.2. The number of fused-ring (bicyclic) bond motifs is 1. The topological polar surface area (TPSA) is 63.5 Å². The van der Waals surface area contributed by atoms with E-state index in [-0.39, 0.29) is 28.5 Å². The lowest BCUT2D eigenvalue weighted by Crippen LogP contribution is -2.34. The number of rotatable bonds is 4. The zero-order chi connectivity index (χ0) is 19.0. The second-order valence-corrected chi connectivity index (χ2v) is 7.63. The molecule has 0 aromatic heterocycles. The Morgan fingerprint density at radius 3 is 2.70 bits per heavy atom. The number of hydrogen-bond donors (Lipinski definition) is 0. The average Bonchev–Trinajstić information content (AvgIpc) is 2.90. The quantitative estimate of drug-likeness (QED) is 0.452. The lowest BCUT2D eigenvalue weighted by atomic mass is 9.69. The summed E-state index contributed by atoms with van der Waals surface area (Å²) in [6.45, 7) is 2.55. The molecule has 0 unspecified atom stereocenters. The van der Waals surface area contributed by atoms with Crippen LogP contribution in [0.2, 0.25) is 0 Å². The van der Waals surface area contributed by atoms with Crippen LogP contribution in [-0.4, -0.2) is 15.7 Å². The first-order valence-electron chi connectivity index (χ1n) is 9.27. The van der Waals surface area contributed by atoms with E-state index in [9.17, 15) is 14.9 Å². The number of nitro benzene ring substituents is 1. The molecule has 0 radical (unpaired) electrons. The Balaban J connectivity index is 1.80. The van der Waals surface area contributed by atoms with E-state index in [1.54, 1.807) is 12.1 Å². The molecule has 1 heterocycles. The summed E-state index contributed by atoms with van der Waals surface area (Å²) in [6.07, 6.45) is 5.97. The number of nitrogens with zero attached hydrogens (tertiary/aromatic N) is 2. The number of amides is 1. The second kappa shape index (κ2) is 6.65. The highest BCUT2D eigenvalue weighted by Gasteiger charge is 2.55. The van der Waals surface area contributed by atoms with Crippen molar-refractivity contribution in [1.82, 2.24) is 4.90 Å². The molecule has 0 N–H and O–H groups in total. The number of carbonyl (C=O) groups is 1. The first-order chi connectivity index (χ1) is 13.0. The largest absolute Gasteiger partial charge is 0.330 e. The molecule has 4 rings (SSSR count). The van der Waals surface area contributed by atoms with E-state index in [1.165, 1.54) is 6.07 Å². The number of non-ortho nitro benzene ring substituents is 1. The minimum Gasteiger partial charge on any atom is -0.330 e. The van der Waals surface area contributed by atoms with Crippen LogP contribution in [0.15, 0.2) is 66.7 Å². The standard InChI is InChI=1S/C22H22N2O3/c1-22-13-6-5-12-19(22)20(17-10-7-11-18(14-17)24(26)27)23(21(22)25)15-16-8-3-2-4-9-16/h2-5,7-12,14,19-20H,6,13,15H2,1H3/t19-,20-,22+/m0/s1. The maximum atomic E-state index is 13.4. The summed E-state index contributed by atoms with van der Waals surface area (Å²) in [6, 6.07) is 16.4. The van der Waals surface area contributed by atoms with Gasteiger partial charge < -0.3 is 4.90 Å². The number of nitro groups is 1. The van der Waals surface area contributed by atoms with Crippen molar-refractivity contribution in [2.45, 2.75) is 32.4 Å². The molecule has 0 bridgehead atoms. The van der Waals surface area contributed by atoms with Crippen LogP contribution < -0.4 is 0 Å². The van der Waals surface area contributed by atoms with Gasteiger partial charge in [0, 0.05) is 24.6 Å². The molecule has 1 amide bonds. The third kappa shape index (κ3) is 2.93. The van der Waals surface area contributed by atoms with Gasteiger partial charge in [0.25, 0.3) is 5.69 Å². The van der Waals surface area contributed by atoms with Crippen LogP contribution in [0.3, 0.4) is 0 Å². The second-order valence-electron chi connectivity index (χ2n) is 7.63. The molecule has 2 aromatic carbocycles. The fraction of sp³-hybridized carbons (Fsp3) is 0.318. The maximum absolute atomic E-state index is 13.4. The van der Waals surface area contributed by atoms with Gasteiger partial charge in [0.05, 0.1) is 16.4 Å². The van der Waals surface area contributed by atoms with Crippen LogP contribution in [0.4, 0.5) is 5.69 Å². The van der Waals surface area contributed by atoms with E-state index in [1.807, 2.05) is 48.2 Å². The van der Waals surface area contributed by atoms with Gasteiger partial charge in [0.2, 0.25) is 5.91 Å². The molecule has 1 saturated heterocycles. The summed E-state index contributed by atoms with van der Waals surface area (Å²) in [5.41, 5.74) is 1.49. The number of likely N-dealkylation sites (tertiary alicyclic amines) is 1. The van der Waals surface area contributed by atoms with Crippen molar-refractivity contribution in [3.05, 3.63) is 88.0 Å². The Labute approximate surface area is 158 Å². The van der Waals surface area contributed by atoms with Crippen molar-refractivity contribution in [1.29, 1.82) is 0 Å². The molecule has 1 fully saturated rings. The molecule has 0 saturated carbocycles. The van der Waals surface area contributed by atoms with Gasteiger partial charge in [0.1, 0.15) is 0 Å². The van der Waals surface area contributed by atoms with E-state index >= 15 is 0 Å². The minimum atomic E-state index is -0.460. The van der Waals surface area contributed by atoms with Crippen molar-refractivity contribution < 1.29 is 9.72 Å². The lowest BCUT2D eigenvalue weighted by molar-refractivity contribution is -0.385. The van der Waals surface area contributed by atoms with Gasteiger partial charge in [-0.25, -0.2) is 0 Å². The monoisotopic (exact) mass is 362 g/mol. The predicted molar refractivity (Wildman–Crippen MR) is 103 cm³/mol. The van der Waals surface area contributed by atoms with Crippen LogP contribution in [0.1, 0.15) is 36.9 Å². The molecular weight excluding hydrogens is 340 g/mol. The van der Waals surface area contributed by atoms with E-state index < -0.39 is 5.41 Å². The van der Waals surface area contributed by atoms with Gasteiger partial charge in [-0.1, -0.05) is 61.5 Å². The van der Waals surface area contributed by atoms with Crippen molar-refractivity contribution in [2.75, 3.05) is 0 Å². The van der Waals surface area contributed by atoms with Crippen molar-refractivity contribution in [3.63, 3.8) is 0 Å². The Morgan fingerprint density at radius 1 is 1.19 bits per heavy atom. The summed E-state index contributed by atoms with van der Waals surface area (Å²) >= 11 is 0. The van der Waals surface area contributed by atoms with Gasteiger partial charge >= 0.3 is 0 Å². The summed E-state index contributed by atoms with van der Waals surface area (Å²) in [5.74, 6) is 0.154.